The second-order valence-electron chi connectivity index (χ2n) is 10.2. The Hall–Kier alpha value is -0.600. The average Bonchev–Trinajstić information content (AvgIpc) is 2.88. The van der Waals surface area contributed by atoms with Crippen molar-refractivity contribution in [2.45, 2.75) is 82.7 Å². The lowest BCUT2D eigenvalue weighted by Gasteiger charge is -2.62. The Balaban J connectivity index is 1.69. The first-order valence-corrected chi connectivity index (χ1v) is 10.7. The molecule has 4 fully saturated rings. The van der Waals surface area contributed by atoms with Gasteiger partial charge in [-0.2, -0.15) is 0 Å². The average molecular weight is 377 g/mol. The number of aliphatic hydroxyl groups excluding tert-OH is 2. The maximum atomic E-state index is 11.3. The zero-order chi connectivity index (χ0) is 19.6. The highest BCUT2D eigenvalue weighted by Gasteiger charge is 2.69. The zero-order valence-electron chi connectivity index (χ0n) is 17.3. The van der Waals surface area contributed by atoms with Crippen LogP contribution in [0.3, 0.4) is 0 Å². The summed E-state index contributed by atoms with van der Waals surface area (Å²) in [5, 5.41) is 22.2. The summed E-state index contributed by atoms with van der Waals surface area (Å²) in [5.41, 5.74) is -0.974. The van der Waals surface area contributed by atoms with Gasteiger partial charge in [-0.25, -0.2) is 0 Å². The molecule has 4 heteroatoms. The van der Waals surface area contributed by atoms with Crippen LogP contribution in [0.5, 0.6) is 0 Å². The Labute approximate surface area is 164 Å². The SMILES string of the molecule is C#C[C@]1(OC)[C@H](O)CC2C3C(CC[C@@]21C)[C@@]1(C)CC[C@H](OC)C[C@H]1C[C@H]3O. The topological polar surface area (TPSA) is 58.9 Å². The number of hydrogen-bond donors (Lipinski definition) is 2. The van der Waals surface area contributed by atoms with E-state index in [2.05, 4.69) is 19.8 Å². The normalized spacial score (nSPS) is 57.3. The van der Waals surface area contributed by atoms with Crippen LogP contribution in [0.15, 0.2) is 0 Å². The highest BCUT2D eigenvalue weighted by atomic mass is 16.5. The van der Waals surface area contributed by atoms with Crippen molar-refractivity contribution >= 4 is 0 Å². The molecule has 0 radical (unpaired) electrons. The van der Waals surface area contributed by atoms with Crippen molar-refractivity contribution in [3.05, 3.63) is 0 Å². The van der Waals surface area contributed by atoms with E-state index in [1.807, 2.05) is 7.11 Å². The monoisotopic (exact) mass is 376 g/mol. The van der Waals surface area contributed by atoms with Crippen LogP contribution >= 0.6 is 0 Å². The van der Waals surface area contributed by atoms with Crippen molar-refractivity contribution in [1.82, 2.24) is 0 Å². The molecule has 3 unspecified atom stereocenters. The molecule has 4 rings (SSSR count). The third-order valence-corrected chi connectivity index (χ3v) is 9.69. The molecule has 0 aromatic rings. The minimum Gasteiger partial charge on any atom is -0.393 e. The van der Waals surface area contributed by atoms with Crippen molar-refractivity contribution in [2.75, 3.05) is 14.2 Å². The van der Waals surface area contributed by atoms with Gasteiger partial charge >= 0.3 is 0 Å². The molecule has 4 aliphatic rings. The highest BCUT2D eigenvalue weighted by Crippen LogP contribution is 2.68. The first kappa shape index (κ1) is 19.7. The van der Waals surface area contributed by atoms with Crippen LogP contribution in [0.25, 0.3) is 0 Å². The molecule has 4 aliphatic carbocycles. The molecule has 0 saturated heterocycles. The third-order valence-electron chi connectivity index (χ3n) is 9.69. The summed E-state index contributed by atoms with van der Waals surface area (Å²) in [6.07, 6.45) is 12.1. The summed E-state index contributed by atoms with van der Waals surface area (Å²) in [7, 11) is 3.44. The molecule has 4 saturated carbocycles. The summed E-state index contributed by atoms with van der Waals surface area (Å²) in [6.45, 7) is 4.64. The van der Waals surface area contributed by atoms with Crippen LogP contribution in [0.4, 0.5) is 0 Å². The standard InChI is InChI=1S/C23H36O4/c1-6-23(27-5)19(25)13-17-20-16(8-10-22(17,23)3)21(2)9-7-15(26-4)11-14(21)12-18(20)24/h1,14-20,24-25H,7-13H2,2-5H3/t14-,15-,16?,17?,18+,19+,20?,21-,22-,23-/m0/s1. The van der Waals surface area contributed by atoms with Gasteiger partial charge in [0.15, 0.2) is 5.60 Å². The van der Waals surface area contributed by atoms with E-state index in [9.17, 15) is 10.2 Å². The number of methoxy groups -OCH3 is 2. The van der Waals surface area contributed by atoms with Gasteiger partial charge in [-0.1, -0.05) is 19.8 Å². The van der Waals surface area contributed by atoms with E-state index in [4.69, 9.17) is 15.9 Å². The van der Waals surface area contributed by atoms with Gasteiger partial charge in [0.1, 0.15) is 0 Å². The minimum atomic E-state index is -0.937. The van der Waals surface area contributed by atoms with Crippen LogP contribution in [-0.4, -0.2) is 48.3 Å². The Morgan fingerprint density at radius 1 is 1.00 bits per heavy atom. The molecule has 0 aromatic heterocycles. The molecule has 0 aliphatic heterocycles. The highest BCUT2D eigenvalue weighted by molar-refractivity contribution is 5.28. The van der Waals surface area contributed by atoms with Crippen LogP contribution in [-0.2, 0) is 9.47 Å². The Morgan fingerprint density at radius 2 is 1.74 bits per heavy atom. The number of rotatable bonds is 2. The van der Waals surface area contributed by atoms with Gasteiger partial charge in [-0.15, -0.1) is 6.42 Å². The van der Waals surface area contributed by atoms with Gasteiger partial charge in [0.05, 0.1) is 18.3 Å². The lowest BCUT2D eigenvalue weighted by Crippen LogP contribution is -2.61. The molecule has 0 aromatic carbocycles. The molecule has 0 heterocycles. The molecule has 27 heavy (non-hydrogen) atoms. The first-order valence-electron chi connectivity index (χ1n) is 10.7. The predicted octanol–water partition coefficient (Wildman–Crippen LogP) is 3.00. The summed E-state index contributed by atoms with van der Waals surface area (Å²) < 4.78 is 11.5. The van der Waals surface area contributed by atoms with Crippen LogP contribution in [0.2, 0.25) is 0 Å². The van der Waals surface area contributed by atoms with Crippen molar-refractivity contribution in [3.63, 3.8) is 0 Å². The van der Waals surface area contributed by atoms with Crippen LogP contribution in [0.1, 0.15) is 58.8 Å². The molecule has 4 nitrogen and oxygen atoms in total. The second kappa shape index (κ2) is 6.46. The Morgan fingerprint density at radius 3 is 2.37 bits per heavy atom. The van der Waals surface area contributed by atoms with Crippen LogP contribution in [0, 0.1) is 46.8 Å². The molecule has 0 bridgehead atoms. The van der Waals surface area contributed by atoms with E-state index < -0.39 is 11.7 Å². The number of aliphatic hydroxyl groups is 2. The molecule has 10 atom stereocenters. The summed E-state index contributed by atoms with van der Waals surface area (Å²) in [5.74, 6) is 4.24. The smallest absolute Gasteiger partial charge is 0.159 e. The van der Waals surface area contributed by atoms with E-state index in [0.29, 0.717) is 24.4 Å². The molecular formula is C23H36O4. The predicted molar refractivity (Wildman–Crippen MR) is 104 cm³/mol. The van der Waals surface area contributed by atoms with E-state index in [1.54, 1.807) is 7.11 Å². The molecule has 0 amide bonds. The number of fused-ring (bicyclic) bond motifs is 5. The van der Waals surface area contributed by atoms with Crippen molar-refractivity contribution < 1.29 is 19.7 Å². The fourth-order valence-corrected chi connectivity index (χ4v) is 8.10. The van der Waals surface area contributed by atoms with Gasteiger partial charge in [-0.05, 0) is 74.0 Å². The van der Waals surface area contributed by atoms with E-state index >= 15 is 0 Å². The third kappa shape index (κ3) is 2.38. The largest absolute Gasteiger partial charge is 0.393 e. The summed E-state index contributed by atoms with van der Waals surface area (Å²) >= 11 is 0. The first-order chi connectivity index (χ1) is 12.8. The molecular weight excluding hydrogens is 340 g/mol. The number of terminal acetylenes is 1. The Bertz CT molecular complexity index is 628. The van der Waals surface area contributed by atoms with E-state index in [-0.39, 0.29) is 28.8 Å². The van der Waals surface area contributed by atoms with Crippen molar-refractivity contribution in [3.8, 4) is 12.3 Å². The fraction of sp³-hybridized carbons (Fsp3) is 0.913. The van der Waals surface area contributed by atoms with E-state index in [0.717, 1.165) is 32.1 Å². The van der Waals surface area contributed by atoms with Gasteiger partial charge in [0.25, 0.3) is 0 Å². The quantitative estimate of drug-likeness (QED) is 0.728. The van der Waals surface area contributed by atoms with Crippen molar-refractivity contribution in [2.24, 2.45) is 34.5 Å². The molecule has 2 N–H and O–H groups in total. The molecule has 152 valence electrons. The van der Waals surface area contributed by atoms with Gasteiger partial charge in [0.2, 0.25) is 0 Å². The van der Waals surface area contributed by atoms with E-state index in [1.165, 1.54) is 6.42 Å². The lowest BCUT2D eigenvalue weighted by atomic mass is 9.43. The summed E-state index contributed by atoms with van der Waals surface area (Å²) in [6, 6.07) is 0. The fourth-order valence-electron chi connectivity index (χ4n) is 8.10. The maximum Gasteiger partial charge on any atom is 0.159 e. The number of hydrogen-bond acceptors (Lipinski definition) is 4. The van der Waals surface area contributed by atoms with Crippen LogP contribution < -0.4 is 0 Å². The minimum absolute atomic E-state index is 0.198. The number of ether oxygens (including phenoxy) is 2. The zero-order valence-corrected chi connectivity index (χ0v) is 17.3. The Kier molecular flexibility index (Phi) is 4.71. The van der Waals surface area contributed by atoms with Gasteiger partial charge in [-0.3, -0.25) is 0 Å². The second-order valence-corrected chi connectivity index (χ2v) is 10.2. The van der Waals surface area contributed by atoms with Gasteiger partial charge in [0, 0.05) is 19.6 Å². The van der Waals surface area contributed by atoms with Gasteiger partial charge < -0.3 is 19.7 Å². The molecule has 0 spiro atoms. The van der Waals surface area contributed by atoms with Crippen molar-refractivity contribution in [1.29, 1.82) is 0 Å². The lowest BCUT2D eigenvalue weighted by molar-refractivity contribution is -0.192. The summed E-state index contributed by atoms with van der Waals surface area (Å²) in [4.78, 5) is 0. The maximum absolute atomic E-state index is 11.3.